The molecule has 168 valence electrons. The molecule has 7 nitrogen and oxygen atoms in total. The van der Waals surface area contributed by atoms with Crippen LogP contribution in [-0.2, 0) is 21.2 Å². The summed E-state index contributed by atoms with van der Waals surface area (Å²) in [5.74, 6) is 0.661. The van der Waals surface area contributed by atoms with Crippen LogP contribution < -0.4 is 15.4 Å². The summed E-state index contributed by atoms with van der Waals surface area (Å²) in [6.07, 6.45) is 3.58. The molecule has 1 amide bonds. The van der Waals surface area contributed by atoms with Crippen LogP contribution >= 0.6 is 0 Å². The Morgan fingerprint density at radius 3 is 2.45 bits per heavy atom. The average Bonchev–Trinajstić information content (AvgIpc) is 2.79. The molecule has 0 atom stereocenters. The molecule has 0 radical (unpaired) electrons. The zero-order valence-corrected chi connectivity index (χ0v) is 19.0. The Bertz CT molecular complexity index is 984. The summed E-state index contributed by atoms with van der Waals surface area (Å²) >= 11 is 0. The third-order valence-electron chi connectivity index (χ3n) is 5.50. The third kappa shape index (κ3) is 6.21. The fourth-order valence-electron chi connectivity index (χ4n) is 3.58. The minimum atomic E-state index is -3.51. The number of hydrogen-bond donors (Lipinski definition) is 2. The molecule has 2 aromatic rings. The van der Waals surface area contributed by atoms with Crippen molar-refractivity contribution in [3.05, 3.63) is 53.6 Å². The maximum atomic E-state index is 12.9. The normalized spacial score (nSPS) is 14.8. The van der Waals surface area contributed by atoms with Crippen LogP contribution in [0.1, 0.15) is 30.4 Å². The van der Waals surface area contributed by atoms with Crippen molar-refractivity contribution in [1.29, 1.82) is 0 Å². The number of carbonyl (C=O) groups excluding carboxylic acids is 1. The first kappa shape index (κ1) is 23.1. The molecule has 31 heavy (non-hydrogen) atoms. The molecular formula is C23H31N3O4S. The highest BCUT2D eigenvalue weighted by Crippen LogP contribution is 2.25. The summed E-state index contributed by atoms with van der Waals surface area (Å²) in [5.41, 5.74) is 2.66. The molecule has 1 aliphatic rings. The van der Waals surface area contributed by atoms with Gasteiger partial charge in [0, 0.05) is 25.3 Å². The molecule has 2 N–H and O–H groups in total. The van der Waals surface area contributed by atoms with Crippen LogP contribution in [0.3, 0.4) is 0 Å². The molecule has 0 unspecified atom stereocenters. The lowest BCUT2D eigenvalue weighted by atomic mass is 10.1. The van der Waals surface area contributed by atoms with Gasteiger partial charge < -0.3 is 15.4 Å². The Hall–Kier alpha value is -2.58. The van der Waals surface area contributed by atoms with Crippen molar-refractivity contribution >= 4 is 21.6 Å². The fraction of sp³-hybridized carbons (Fsp3) is 0.435. The number of sulfonamides is 1. The minimum Gasteiger partial charge on any atom is -0.497 e. The molecule has 1 heterocycles. The number of piperidine rings is 1. The van der Waals surface area contributed by atoms with E-state index in [4.69, 9.17) is 4.74 Å². The average molecular weight is 446 g/mol. The van der Waals surface area contributed by atoms with Gasteiger partial charge >= 0.3 is 0 Å². The number of carbonyl (C=O) groups is 1. The van der Waals surface area contributed by atoms with E-state index in [9.17, 15) is 13.2 Å². The predicted molar refractivity (Wildman–Crippen MR) is 122 cm³/mol. The second-order valence-electron chi connectivity index (χ2n) is 7.74. The van der Waals surface area contributed by atoms with Crippen LogP contribution in [-0.4, -0.2) is 51.9 Å². The molecule has 0 spiro atoms. The molecule has 3 rings (SSSR count). The lowest BCUT2D eigenvalue weighted by Crippen LogP contribution is -2.35. The van der Waals surface area contributed by atoms with E-state index < -0.39 is 10.0 Å². The van der Waals surface area contributed by atoms with Crippen molar-refractivity contribution < 1.29 is 17.9 Å². The summed E-state index contributed by atoms with van der Waals surface area (Å²) in [6, 6.07) is 12.8. The van der Waals surface area contributed by atoms with Crippen LogP contribution in [0.5, 0.6) is 5.75 Å². The number of methoxy groups -OCH3 is 1. The smallest absolute Gasteiger partial charge is 0.243 e. The summed E-state index contributed by atoms with van der Waals surface area (Å²) in [7, 11) is -1.88. The van der Waals surface area contributed by atoms with E-state index in [1.165, 1.54) is 0 Å². The van der Waals surface area contributed by atoms with Crippen molar-refractivity contribution in [2.24, 2.45) is 0 Å². The van der Waals surface area contributed by atoms with Gasteiger partial charge in [0.05, 0.1) is 18.6 Å². The number of anilines is 1. The number of hydrogen-bond acceptors (Lipinski definition) is 5. The van der Waals surface area contributed by atoms with Gasteiger partial charge in [0.25, 0.3) is 0 Å². The monoisotopic (exact) mass is 445 g/mol. The molecule has 8 heteroatoms. The molecule has 0 aliphatic carbocycles. The quantitative estimate of drug-likeness (QED) is 0.620. The second kappa shape index (κ2) is 10.6. The van der Waals surface area contributed by atoms with E-state index in [1.807, 2.05) is 31.2 Å². The van der Waals surface area contributed by atoms with Gasteiger partial charge in [-0.3, -0.25) is 4.79 Å². The Morgan fingerprint density at radius 1 is 1.06 bits per heavy atom. The number of ether oxygens (including phenoxy) is 1. The topological polar surface area (TPSA) is 87.7 Å². The lowest BCUT2D eigenvalue weighted by molar-refractivity contribution is -0.119. The fourth-order valence-corrected chi connectivity index (χ4v) is 5.13. The number of benzene rings is 2. The van der Waals surface area contributed by atoms with Crippen molar-refractivity contribution in [3.8, 4) is 5.75 Å². The molecule has 1 aliphatic heterocycles. The largest absolute Gasteiger partial charge is 0.497 e. The number of aryl methyl sites for hydroxylation is 1. The van der Waals surface area contributed by atoms with E-state index >= 15 is 0 Å². The number of nitrogens with zero attached hydrogens (tertiary/aromatic N) is 1. The standard InChI is InChI=1S/C23H31N3O4S/c1-18-6-11-21(31(28,29)26-14-4-3-5-15-26)16-22(18)25-17-23(27)24-13-12-19-7-9-20(30-2)10-8-19/h6-11,16,25H,3-5,12-15,17H2,1-2H3,(H,24,27). The van der Waals surface area contributed by atoms with E-state index in [0.717, 1.165) is 42.6 Å². The van der Waals surface area contributed by atoms with Gasteiger partial charge in [0.2, 0.25) is 15.9 Å². The molecule has 2 aromatic carbocycles. The van der Waals surface area contributed by atoms with Gasteiger partial charge in [-0.15, -0.1) is 0 Å². The lowest BCUT2D eigenvalue weighted by Gasteiger charge is -2.26. The van der Waals surface area contributed by atoms with Gasteiger partial charge in [-0.05, 0) is 61.6 Å². The van der Waals surface area contributed by atoms with Crippen LogP contribution in [0.4, 0.5) is 5.69 Å². The van der Waals surface area contributed by atoms with Gasteiger partial charge in [0.15, 0.2) is 0 Å². The highest BCUT2D eigenvalue weighted by molar-refractivity contribution is 7.89. The van der Waals surface area contributed by atoms with Gasteiger partial charge in [-0.25, -0.2) is 8.42 Å². The van der Waals surface area contributed by atoms with Crippen LogP contribution in [0.25, 0.3) is 0 Å². The maximum absolute atomic E-state index is 12.9. The first-order chi connectivity index (χ1) is 14.9. The molecule has 0 saturated carbocycles. The summed E-state index contributed by atoms with van der Waals surface area (Å²) < 4.78 is 32.5. The Balaban J connectivity index is 1.53. The first-order valence-electron chi connectivity index (χ1n) is 10.6. The predicted octanol–water partition coefficient (Wildman–Crippen LogP) is 2.95. The van der Waals surface area contributed by atoms with E-state index in [2.05, 4.69) is 10.6 Å². The molecule has 0 aromatic heterocycles. The zero-order chi connectivity index (χ0) is 22.3. The highest BCUT2D eigenvalue weighted by Gasteiger charge is 2.26. The third-order valence-corrected chi connectivity index (χ3v) is 7.39. The van der Waals surface area contributed by atoms with Crippen molar-refractivity contribution in [3.63, 3.8) is 0 Å². The van der Waals surface area contributed by atoms with E-state index in [-0.39, 0.29) is 17.3 Å². The summed E-state index contributed by atoms with van der Waals surface area (Å²) in [5, 5.41) is 5.97. The van der Waals surface area contributed by atoms with Crippen LogP contribution in [0, 0.1) is 6.92 Å². The van der Waals surface area contributed by atoms with Crippen molar-refractivity contribution in [2.45, 2.75) is 37.5 Å². The molecule has 1 fully saturated rings. The Labute approximate surface area is 184 Å². The number of nitrogens with one attached hydrogen (secondary N) is 2. The zero-order valence-electron chi connectivity index (χ0n) is 18.2. The molecule has 0 bridgehead atoms. The van der Waals surface area contributed by atoms with E-state index in [0.29, 0.717) is 25.3 Å². The Morgan fingerprint density at radius 2 is 1.77 bits per heavy atom. The van der Waals surface area contributed by atoms with Gasteiger partial charge in [-0.2, -0.15) is 4.31 Å². The first-order valence-corrected chi connectivity index (χ1v) is 12.1. The van der Waals surface area contributed by atoms with Crippen LogP contribution in [0.2, 0.25) is 0 Å². The van der Waals surface area contributed by atoms with Gasteiger partial charge in [-0.1, -0.05) is 24.6 Å². The molecule has 1 saturated heterocycles. The number of rotatable bonds is 9. The minimum absolute atomic E-state index is 0.0800. The van der Waals surface area contributed by atoms with Gasteiger partial charge in [0.1, 0.15) is 5.75 Å². The van der Waals surface area contributed by atoms with E-state index in [1.54, 1.807) is 29.6 Å². The van der Waals surface area contributed by atoms with Crippen molar-refractivity contribution in [1.82, 2.24) is 9.62 Å². The highest BCUT2D eigenvalue weighted by atomic mass is 32.2. The Kier molecular flexibility index (Phi) is 7.92. The molecular weight excluding hydrogens is 414 g/mol. The maximum Gasteiger partial charge on any atom is 0.243 e. The summed E-state index contributed by atoms with van der Waals surface area (Å²) in [4.78, 5) is 12.5. The van der Waals surface area contributed by atoms with Crippen LogP contribution in [0.15, 0.2) is 47.4 Å². The summed E-state index contributed by atoms with van der Waals surface area (Å²) in [6.45, 7) is 3.62. The SMILES string of the molecule is COc1ccc(CCNC(=O)CNc2cc(S(=O)(=O)N3CCCCC3)ccc2C)cc1. The van der Waals surface area contributed by atoms with Crippen molar-refractivity contribution in [2.75, 3.05) is 38.6 Å². The second-order valence-corrected chi connectivity index (χ2v) is 9.68. The number of amides is 1.